The summed E-state index contributed by atoms with van der Waals surface area (Å²) >= 11 is 3.84. The van der Waals surface area contributed by atoms with E-state index in [-0.39, 0.29) is 39.7 Å². The van der Waals surface area contributed by atoms with E-state index in [1.165, 1.54) is 97.2 Å². The molecule has 0 aliphatic carbocycles. The first-order valence-electron chi connectivity index (χ1n) is 31.0. The third-order valence-electron chi connectivity index (χ3n) is 17.9. The summed E-state index contributed by atoms with van der Waals surface area (Å²) in [5.41, 5.74) is 24.7. The van der Waals surface area contributed by atoms with Crippen LogP contribution in [0.4, 0.5) is 17.1 Å². The molecule has 0 saturated heterocycles. The molecule has 0 aromatic heterocycles. The Balaban J connectivity index is 1.11. The molecule has 0 amide bonds. The second-order valence-electron chi connectivity index (χ2n) is 29.3. The third-order valence-corrected chi connectivity index (χ3v) is 20.2. The summed E-state index contributed by atoms with van der Waals surface area (Å²) in [6, 6.07) is 83.0. The lowest BCUT2D eigenvalue weighted by atomic mass is 9.36. The molecule has 5 heteroatoms. The Bertz CT molecular complexity index is 4180. The van der Waals surface area contributed by atoms with Crippen LogP contribution in [-0.2, 0) is 27.1 Å². The van der Waals surface area contributed by atoms with Crippen LogP contribution in [-0.4, -0.2) is 6.71 Å². The quantitative estimate of drug-likeness (QED) is 0.106. The maximum Gasteiger partial charge on any atom is 0.247 e. The van der Waals surface area contributed by atoms with Gasteiger partial charge in [-0.2, -0.15) is 5.26 Å². The minimum Gasteiger partial charge on any atom is -0.310 e. The molecule has 2 aliphatic rings. The van der Waals surface area contributed by atoms with Crippen molar-refractivity contribution in [3.8, 4) is 39.4 Å². The Kier molecular flexibility index (Phi) is 15.4. The van der Waals surface area contributed by atoms with E-state index in [1.807, 2.05) is 23.5 Å². The Hall–Kier alpha value is -7.75. The van der Waals surface area contributed by atoms with Gasteiger partial charge in [0.1, 0.15) is 0 Å². The molecule has 87 heavy (non-hydrogen) atoms. The lowest BCUT2D eigenvalue weighted by Gasteiger charge is -2.36. The zero-order valence-electron chi connectivity index (χ0n) is 53.6. The molecule has 2 nitrogen and oxygen atoms in total. The van der Waals surface area contributed by atoms with Crippen LogP contribution in [0.2, 0.25) is 0 Å². The highest BCUT2D eigenvalue weighted by Crippen LogP contribution is 2.49. The molecule has 10 aromatic rings. The minimum absolute atomic E-state index is 0.00246. The fourth-order valence-electron chi connectivity index (χ4n) is 13.1. The number of rotatable bonds is 9. The van der Waals surface area contributed by atoms with Crippen LogP contribution in [0.3, 0.4) is 0 Å². The monoisotopic (exact) mass is 1170 g/mol. The summed E-state index contributed by atoms with van der Waals surface area (Å²) in [6.45, 7) is 34.6. The first-order chi connectivity index (χ1) is 41.2. The second-order valence-corrected chi connectivity index (χ2v) is 31.5. The molecule has 0 saturated carbocycles. The van der Waals surface area contributed by atoms with Crippen LogP contribution >= 0.6 is 23.5 Å². The molecule has 0 atom stereocenters. The van der Waals surface area contributed by atoms with E-state index in [0.29, 0.717) is 5.56 Å². The number of hydrogen-bond acceptors (Lipinski definition) is 4. The van der Waals surface area contributed by atoms with Crippen molar-refractivity contribution in [2.45, 2.75) is 156 Å². The van der Waals surface area contributed by atoms with Crippen LogP contribution in [0.25, 0.3) is 33.4 Å². The zero-order valence-corrected chi connectivity index (χ0v) is 55.2. The van der Waals surface area contributed by atoms with Gasteiger partial charge in [0.15, 0.2) is 0 Å². The van der Waals surface area contributed by atoms with Crippen molar-refractivity contribution in [1.82, 2.24) is 0 Å². The molecule has 0 unspecified atom stereocenters. The number of hydrogen-bond donors (Lipinski definition) is 0. The van der Waals surface area contributed by atoms with Crippen LogP contribution < -0.4 is 21.3 Å². The molecule has 0 radical (unpaired) electrons. The average molecular weight is 1170 g/mol. The Labute approximate surface area is 528 Å². The first-order valence-corrected chi connectivity index (χ1v) is 32.6. The zero-order chi connectivity index (χ0) is 61.5. The topological polar surface area (TPSA) is 27.0 Å². The summed E-state index contributed by atoms with van der Waals surface area (Å²) in [4.78, 5) is 7.43. The van der Waals surface area contributed by atoms with E-state index in [1.54, 1.807) is 0 Å². The number of anilines is 3. The predicted octanol–water partition coefficient (Wildman–Crippen LogP) is 21.1. The second kappa shape index (κ2) is 22.4. The third kappa shape index (κ3) is 11.6. The Morgan fingerprint density at radius 2 is 0.862 bits per heavy atom. The lowest BCUT2D eigenvalue weighted by molar-refractivity contribution is 0.569. The highest BCUT2D eigenvalue weighted by atomic mass is 32.2. The minimum atomic E-state index is -0.273. The number of para-hydroxylation sites is 2. The molecule has 0 fully saturated rings. The van der Waals surface area contributed by atoms with Gasteiger partial charge in [-0.15, -0.1) is 0 Å². The number of benzene rings is 10. The summed E-state index contributed by atoms with van der Waals surface area (Å²) < 4.78 is 0. The van der Waals surface area contributed by atoms with Crippen LogP contribution in [0.5, 0.6) is 0 Å². The normalized spacial score (nSPS) is 13.2. The lowest BCUT2D eigenvalue weighted by Crippen LogP contribution is -2.58. The van der Waals surface area contributed by atoms with Gasteiger partial charge in [0.2, 0.25) is 6.71 Å². The van der Waals surface area contributed by atoms with Crippen molar-refractivity contribution < 1.29 is 0 Å². The predicted molar refractivity (Wildman–Crippen MR) is 375 cm³/mol. The van der Waals surface area contributed by atoms with E-state index in [0.717, 1.165) is 33.8 Å². The molecule has 0 bridgehead atoms. The number of nitriles is 1. The van der Waals surface area contributed by atoms with Crippen molar-refractivity contribution in [2.75, 3.05) is 4.90 Å². The van der Waals surface area contributed by atoms with Gasteiger partial charge in [-0.05, 0) is 166 Å². The van der Waals surface area contributed by atoms with Crippen molar-refractivity contribution in [3.63, 3.8) is 0 Å². The van der Waals surface area contributed by atoms with Crippen LogP contribution in [0, 0.1) is 11.3 Å². The van der Waals surface area contributed by atoms with Gasteiger partial charge in [-0.3, -0.25) is 0 Å². The first kappa shape index (κ1) is 59.6. The smallest absolute Gasteiger partial charge is 0.247 e. The van der Waals surface area contributed by atoms with Crippen LogP contribution in [0.1, 0.15) is 160 Å². The molecule has 434 valence electrons. The molecule has 0 spiro atoms. The van der Waals surface area contributed by atoms with Gasteiger partial charge >= 0.3 is 0 Å². The van der Waals surface area contributed by atoms with Gasteiger partial charge in [0.05, 0.1) is 17.3 Å². The maximum atomic E-state index is 11.3. The van der Waals surface area contributed by atoms with Crippen molar-refractivity contribution in [1.29, 1.82) is 5.26 Å². The van der Waals surface area contributed by atoms with Gasteiger partial charge in [0.25, 0.3) is 0 Å². The van der Waals surface area contributed by atoms with Gasteiger partial charge in [0, 0.05) is 42.4 Å². The summed E-state index contributed by atoms with van der Waals surface area (Å²) in [7, 11) is 0. The largest absolute Gasteiger partial charge is 0.310 e. The average Bonchev–Trinajstić information content (AvgIpc) is 0.834. The summed E-state index contributed by atoms with van der Waals surface area (Å²) in [5, 5.41) is 11.3. The van der Waals surface area contributed by atoms with Gasteiger partial charge in [-0.25, -0.2) is 0 Å². The van der Waals surface area contributed by atoms with Crippen molar-refractivity contribution in [3.05, 3.63) is 262 Å². The fraction of sp³-hybridized carbons (Fsp3) is 0.256. The number of nitrogens with zero attached hydrogens (tertiary/aromatic N) is 2. The highest BCUT2D eigenvalue weighted by Gasteiger charge is 2.41. The van der Waals surface area contributed by atoms with E-state index in [2.05, 4.69) is 327 Å². The Morgan fingerprint density at radius 1 is 0.379 bits per heavy atom. The van der Waals surface area contributed by atoms with E-state index >= 15 is 0 Å². The molecule has 12 rings (SSSR count). The molecule has 10 aromatic carbocycles. The molecule has 2 heterocycles. The highest BCUT2D eigenvalue weighted by molar-refractivity contribution is 8.01. The van der Waals surface area contributed by atoms with Gasteiger partial charge in [-0.1, -0.05) is 290 Å². The summed E-state index contributed by atoms with van der Waals surface area (Å²) in [6.07, 6.45) is 0. The molecule has 0 N–H and O–H groups in total. The number of fused-ring (bicyclic) bond motifs is 4. The van der Waals surface area contributed by atoms with Gasteiger partial charge < -0.3 is 4.90 Å². The summed E-state index contributed by atoms with van der Waals surface area (Å²) in [5.74, 6) is -0.0477. The Morgan fingerprint density at radius 3 is 1.36 bits per heavy atom. The van der Waals surface area contributed by atoms with E-state index in [9.17, 15) is 5.26 Å². The molecular formula is C82H81BN2S2. The van der Waals surface area contributed by atoms with Crippen molar-refractivity contribution in [2.24, 2.45) is 0 Å². The molecular weight excluding hydrogens is 1090 g/mol. The fourth-order valence-corrected chi connectivity index (χ4v) is 15.6. The van der Waals surface area contributed by atoms with Crippen molar-refractivity contribution >= 4 is 63.7 Å². The van der Waals surface area contributed by atoms with Crippen LogP contribution in [0.15, 0.2) is 232 Å². The van der Waals surface area contributed by atoms with E-state index < -0.39 is 0 Å². The molecule has 2 aliphatic heterocycles. The maximum absolute atomic E-state index is 11.3. The SMILES string of the molecule is CC(C)(C)c1ccc(C(c2ccc(C(C)(C)C)cc2)c2cc3c(cc2-c2ccccc2)B2c4ccc(-c5cc(N(c6ccccc6)c6ccccc6)c(C(C)(C)C)cc5C#N)cc4Sc4cc(-c5ccc(C(C)(C)C)cc5C(C)(C)C)cc(c42)S3)cc1. The standard InChI is InChI=1S/C82H81BN2S2/c1-78(2,3)58-36-31-53(32-37-58)76(54-33-38-59(39-34-54)79(4,5)6)66-50-73-70(48-65(66)52-25-19-16-20-26-52)83-69-42-35-55(64-49-71(68(82(13,14)15)43-57(64)51-84)85(61-27-21-17-22-28-61)62-29-23-18-24-30-62)44-72(69)86-74-45-56(46-75(87-73)77(74)83)63-41-40-60(80(7,8)9)47-67(63)81(10,11)12/h16-50,76H,1-15H3. The van der Waals surface area contributed by atoms with E-state index in [4.69, 9.17) is 0 Å².